The van der Waals surface area contributed by atoms with Crippen molar-refractivity contribution < 1.29 is 19.1 Å². The van der Waals surface area contributed by atoms with Crippen molar-refractivity contribution in [2.45, 2.75) is 11.7 Å². The molecule has 1 aliphatic heterocycles. The maximum absolute atomic E-state index is 13.6. The zero-order chi connectivity index (χ0) is 14.5. The standard InChI is InChI=1S/C13H14FNO3S2/c14-10-2-1-8(13(17)18)5-11(10)15-12(16)6-9-7-19-3-4-20-9/h1-2,5,9H,3-4,6-7H2,(H,15,16)(H,17,18). The third-order valence-corrected chi connectivity index (χ3v) is 5.63. The SMILES string of the molecule is O=C(CC1CSCCS1)Nc1cc(C(=O)O)ccc1F. The Balaban J connectivity index is 1.99. The highest BCUT2D eigenvalue weighted by Crippen LogP contribution is 2.27. The number of rotatable bonds is 4. The molecule has 0 aliphatic carbocycles. The highest BCUT2D eigenvalue weighted by Gasteiger charge is 2.19. The van der Waals surface area contributed by atoms with Crippen LogP contribution < -0.4 is 5.32 Å². The third kappa shape index (κ3) is 4.14. The van der Waals surface area contributed by atoms with Crippen LogP contribution >= 0.6 is 23.5 Å². The molecule has 7 heteroatoms. The van der Waals surface area contributed by atoms with Crippen LogP contribution in [0.15, 0.2) is 18.2 Å². The van der Waals surface area contributed by atoms with Crippen LogP contribution in [0.25, 0.3) is 0 Å². The second-order valence-electron chi connectivity index (χ2n) is 4.32. The molecule has 0 bridgehead atoms. The van der Waals surface area contributed by atoms with E-state index in [1.165, 1.54) is 6.07 Å². The molecule has 1 aromatic rings. The third-order valence-electron chi connectivity index (χ3n) is 2.79. The van der Waals surface area contributed by atoms with Gasteiger partial charge in [0.2, 0.25) is 5.91 Å². The first kappa shape index (κ1) is 15.2. The fourth-order valence-electron chi connectivity index (χ4n) is 1.82. The second-order valence-corrected chi connectivity index (χ2v) is 6.88. The Morgan fingerprint density at radius 3 is 2.85 bits per heavy atom. The van der Waals surface area contributed by atoms with Crippen molar-refractivity contribution in [3.63, 3.8) is 0 Å². The lowest BCUT2D eigenvalue weighted by Gasteiger charge is -2.20. The summed E-state index contributed by atoms with van der Waals surface area (Å²) in [5.41, 5.74) is -0.132. The summed E-state index contributed by atoms with van der Waals surface area (Å²) in [6.07, 6.45) is 0.314. The van der Waals surface area contributed by atoms with E-state index in [2.05, 4.69) is 5.32 Å². The summed E-state index contributed by atoms with van der Waals surface area (Å²) in [5.74, 6) is 0.958. The van der Waals surface area contributed by atoms with Gasteiger partial charge in [0.15, 0.2) is 0 Å². The van der Waals surface area contributed by atoms with E-state index in [0.29, 0.717) is 6.42 Å². The molecule has 2 N–H and O–H groups in total. The lowest BCUT2D eigenvalue weighted by molar-refractivity contribution is -0.116. The number of anilines is 1. The fraction of sp³-hybridized carbons (Fsp3) is 0.385. The number of halogens is 1. The Bertz CT molecular complexity index is 518. The Kier molecular flexibility index (Phi) is 5.31. The van der Waals surface area contributed by atoms with Gasteiger partial charge in [-0.25, -0.2) is 9.18 Å². The van der Waals surface area contributed by atoms with Crippen molar-refractivity contribution in [2.24, 2.45) is 0 Å². The minimum absolute atomic E-state index is 0.0516. The molecule has 20 heavy (non-hydrogen) atoms. The lowest BCUT2D eigenvalue weighted by atomic mass is 10.2. The summed E-state index contributed by atoms with van der Waals surface area (Å²) in [6, 6.07) is 3.35. The van der Waals surface area contributed by atoms with Gasteiger partial charge in [0.1, 0.15) is 5.82 Å². The van der Waals surface area contributed by atoms with E-state index in [-0.39, 0.29) is 22.4 Å². The molecule has 108 valence electrons. The van der Waals surface area contributed by atoms with Gasteiger partial charge >= 0.3 is 5.97 Å². The number of carbonyl (C=O) groups excluding carboxylic acids is 1. The molecule has 0 spiro atoms. The van der Waals surface area contributed by atoms with Gasteiger partial charge in [0, 0.05) is 28.9 Å². The Hall–Kier alpha value is -1.21. The summed E-state index contributed by atoms with van der Waals surface area (Å²) < 4.78 is 13.6. The number of hydrogen-bond acceptors (Lipinski definition) is 4. The Labute approximate surface area is 124 Å². The van der Waals surface area contributed by atoms with Gasteiger partial charge in [-0.05, 0) is 18.2 Å². The van der Waals surface area contributed by atoms with Crippen LogP contribution in [0.2, 0.25) is 0 Å². The van der Waals surface area contributed by atoms with Crippen LogP contribution in [0, 0.1) is 5.82 Å². The number of carbonyl (C=O) groups is 2. The number of nitrogens with one attached hydrogen (secondary N) is 1. The number of thioether (sulfide) groups is 2. The predicted molar refractivity (Wildman–Crippen MR) is 80.2 cm³/mol. The average Bonchev–Trinajstić information content (AvgIpc) is 2.42. The van der Waals surface area contributed by atoms with Crippen LogP contribution in [0.3, 0.4) is 0 Å². The quantitative estimate of drug-likeness (QED) is 0.894. The molecule has 1 atom stereocenters. The highest BCUT2D eigenvalue weighted by atomic mass is 32.2. The van der Waals surface area contributed by atoms with Crippen molar-refractivity contribution in [2.75, 3.05) is 22.6 Å². The molecule has 1 aliphatic rings. The van der Waals surface area contributed by atoms with E-state index < -0.39 is 11.8 Å². The summed E-state index contributed by atoms with van der Waals surface area (Å²) in [5, 5.41) is 11.5. The Morgan fingerprint density at radius 1 is 1.40 bits per heavy atom. The molecule has 4 nitrogen and oxygen atoms in total. The zero-order valence-electron chi connectivity index (χ0n) is 10.6. The predicted octanol–water partition coefficient (Wildman–Crippen LogP) is 2.70. The number of aromatic carboxylic acids is 1. The number of amides is 1. The number of benzene rings is 1. The van der Waals surface area contributed by atoms with Crippen molar-refractivity contribution >= 4 is 41.1 Å². The normalized spacial score (nSPS) is 18.6. The van der Waals surface area contributed by atoms with Gasteiger partial charge in [0.25, 0.3) is 0 Å². The summed E-state index contributed by atoms with van der Waals surface area (Å²) in [4.78, 5) is 22.7. The molecule has 1 unspecified atom stereocenters. The second kappa shape index (κ2) is 6.99. The van der Waals surface area contributed by atoms with Crippen molar-refractivity contribution in [3.8, 4) is 0 Å². The van der Waals surface area contributed by atoms with Gasteiger partial charge < -0.3 is 10.4 Å². The van der Waals surface area contributed by atoms with Crippen LogP contribution in [0.1, 0.15) is 16.8 Å². The first-order chi connectivity index (χ1) is 9.56. The molecule has 0 radical (unpaired) electrons. The van der Waals surface area contributed by atoms with E-state index in [1.807, 2.05) is 11.8 Å². The molecular weight excluding hydrogens is 301 g/mol. The monoisotopic (exact) mass is 315 g/mol. The average molecular weight is 315 g/mol. The van der Waals surface area contributed by atoms with E-state index in [0.717, 1.165) is 29.4 Å². The van der Waals surface area contributed by atoms with E-state index in [1.54, 1.807) is 11.8 Å². The van der Waals surface area contributed by atoms with Crippen LogP contribution in [-0.2, 0) is 4.79 Å². The van der Waals surface area contributed by atoms with E-state index >= 15 is 0 Å². The molecular formula is C13H14FNO3S2. The molecule has 1 amide bonds. The van der Waals surface area contributed by atoms with E-state index in [4.69, 9.17) is 5.11 Å². The van der Waals surface area contributed by atoms with Crippen molar-refractivity contribution in [3.05, 3.63) is 29.6 Å². The van der Waals surface area contributed by atoms with Gasteiger partial charge in [-0.15, -0.1) is 0 Å². The lowest BCUT2D eigenvalue weighted by Crippen LogP contribution is -2.23. The minimum Gasteiger partial charge on any atom is -0.478 e. The molecule has 0 aromatic heterocycles. The largest absolute Gasteiger partial charge is 0.478 e. The first-order valence-corrected chi connectivity index (χ1v) is 8.28. The molecule has 2 rings (SSSR count). The number of hydrogen-bond donors (Lipinski definition) is 2. The molecule has 1 saturated heterocycles. The van der Waals surface area contributed by atoms with Gasteiger partial charge in [-0.2, -0.15) is 23.5 Å². The summed E-state index contributed by atoms with van der Waals surface area (Å²) >= 11 is 3.55. The number of carboxylic acids is 1. The van der Waals surface area contributed by atoms with Gasteiger partial charge in [-0.1, -0.05) is 0 Å². The number of carboxylic acid groups (broad SMARTS) is 1. The fourth-order valence-corrected chi connectivity index (χ4v) is 4.50. The molecule has 0 saturated carbocycles. The van der Waals surface area contributed by atoms with Crippen LogP contribution in [0.5, 0.6) is 0 Å². The topological polar surface area (TPSA) is 66.4 Å². The molecule has 1 heterocycles. The zero-order valence-corrected chi connectivity index (χ0v) is 12.2. The Morgan fingerprint density at radius 2 is 2.20 bits per heavy atom. The minimum atomic E-state index is -1.15. The molecule has 1 aromatic carbocycles. The maximum Gasteiger partial charge on any atom is 0.335 e. The maximum atomic E-state index is 13.6. The van der Waals surface area contributed by atoms with Gasteiger partial charge in [0.05, 0.1) is 11.3 Å². The van der Waals surface area contributed by atoms with E-state index in [9.17, 15) is 14.0 Å². The van der Waals surface area contributed by atoms with Crippen molar-refractivity contribution in [1.29, 1.82) is 0 Å². The van der Waals surface area contributed by atoms with Crippen LogP contribution in [0.4, 0.5) is 10.1 Å². The van der Waals surface area contributed by atoms with Crippen molar-refractivity contribution in [1.82, 2.24) is 0 Å². The first-order valence-electron chi connectivity index (χ1n) is 6.08. The highest BCUT2D eigenvalue weighted by molar-refractivity contribution is 8.06. The summed E-state index contributed by atoms with van der Waals surface area (Å²) in [7, 11) is 0. The summed E-state index contributed by atoms with van der Waals surface area (Å²) in [6.45, 7) is 0. The van der Waals surface area contributed by atoms with Crippen LogP contribution in [-0.4, -0.2) is 39.5 Å². The van der Waals surface area contributed by atoms with Gasteiger partial charge in [-0.3, -0.25) is 4.79 Å². The molecule has 1 fully saturated rings. The smallest absolute Gasteiger partial charge is 0.335 e.